The van der Waals surface area contributed by atoms with Crippen LogP contribution in [0.1, 0.15) is 70.2 Å². The van der Waals surface area contributed by atoms with Crippen LogP contribution in [-0.4, -0.2) is 61.6 Å². The zero-order chi connectivity index (χ0) is 17.2. The van der Waals surface area contributed by atoms with Crippen molar-refractivity contribution >= 4 is 5.91 Å². The van der Waals surface area contributed by atoms with E-state index in [0.29, 0.717) is 18.0 Å². The highest BCUT2D eigenvalue weighted by Crippen LogP contribution is 2.35. The van der Waals surface area contributed by atoms with Gasteiger partial charge in [0, 0.05) is 19.5 Å². The van der Waals surface area contributed by atoms with Crippen LogP contribution in [0, 0.1) is 5.92 Å². The summed E-state index contributed by atoms with van der Waals surface area (Å²) < 4.78 is 2.02. The van der Waals surface area contributed by atoms with Crippen LogP contribution in [0.3, 0.4) is 0 Å². The molecule has 2 aliphatic heterocycles. The maximum Gasteiger partial charge on any atom is 0.219 e. The Morgan fingerprint density at radius 2 is 1.84 bits per heavy atom. The first kappa shape index (κ1) is 16.9. The minimum absolute atomic E-state index is 0.262. The highest BCUT2D eigenvalue weighted by Gasteiger charge is 2.33. The van der Waals surface area contributed by atoms with Crippen molar-refractivity contribution in [2.75, 3.05) is 19.6 Å². The van der Waals surface area contributed by atoms with Crippen LogP contribution in [-0.2, 0) is 11.3 Å². The fraction of sp³-hybridized carbons (Fsp3) is 0.889. The largest absolute Gasteiger partial charge is 0.340 e. The lowest BCUT2D eigenvalue weighted by Gasteiger charge is -2.40. The topological polar surface area (TPSA) is 67.2 Å². The van der Waals surface area contributed by atoms with Crippen molar-refractivity contribution in [3.63, 3.8) is 0 Å². The minimum atomic E-state index is 0.262. The summed E-state index contributed by atoms with van der Waals surface area (Å²) in [6, 6.07) is 0.997. The number of hydrogen-bond donors (Lipinski definition) is 0. The molecular formula is C18H30N6O. The third kappa shape index (κ3) is 3.86. The smallest absolute Gasteiger partial charge is 0.219 e. The zero-order valence-corrected chi connectivity index (χ0v) is 15.3. The molecule has 1 saturated carbocycles. The Hall–Kier alpha value is -1.50. The first-order chi connectivity index (χ1) is 12.2. The van der Waals surface area contributed by atoms with E-state index in [1.54, 1.807) is 6.92 Å². The van der Waals surface area contributed by atoms with E-state index in [9.17, 15) is 4.79 Å². The molecule has 0 spiro atoms. The lowest BCUT2D eigenvalue weighted by Crippen LogP contribution is -2.47. The fourth-order valence-corrected chi connectivity index (χ4v) is 4.63. The lowest BCUT2D eigenvalue weighted by atomic mass is 9.86. The van der Waals surface area contributed by atoms with E-state index in [4.69, 9.17) is 0 Å². The van der Waals surface area contributed by atoms with Crippen molar-refractivity contribution in [2.45, 2.75) is 76.9 Å². The summed E-state index contributed by atoms with van der Waals surface area (Å²) in [5, 5.41) is 12.3. The second kappa shape index (κ2) is 7.40. The molecule has 0 N–H and O–H groups in total. The molecule has 2 saturated heterocycles. The van der Waals surface area contributed by atoms with Gasteiger partial charge in [0.25, 0.3) is 0 Å². The van der Waals surface area contributed by atoms with E-state index < -0.39 is 0 Å². The van der Waals surface area contributed by atoms with E-state index in [1.165, 1.54) is 51.4 Å². The molecule has 1 aromatic heterocycles. The number of aromatic nitrogens is 4. The van der Waals surface area contributed by atoms with Gasteiger partial charge in [0.1, 0.15) is 0 Å². The second-order valence-electron chi connectivity index (χ2n) is 8.01. The Morgan fingerprint density at radius 1 is 1.04 bits per heavy atom. The highest BCUT2D eigenvalue weighted by atomic mass is 16.2. The molecule has 1 amide bonds. The molecule has 1 aromatic rings. The molecule has 4 rings (SSSR count). The average molecular weight is 346 g/mol. The van der Waals surface area contributed by atoms with Gasteiger partial charge in [-0.15, -0.1) is 5.10 Å². The van der Waals surface area contributed by atoms with Gasteiger partial charge in [-0.25, -0.2) is 4.68 Å². The normalized spacial score (nSPS) is 26.6. The zero-order valence-electron chi connectivity index (χ0n) is 15.3. The van der Waals surface area contributed by atoms with Crippen molar-refractivity contribution in [3.8, 4) is 0 Å². The van der Waals surface area contributed by atoms with Crippen molar-refractivity contribution in [1.29, 1.82) is 0 Å². The maximum atomic E-state index is 12.1. The quantitative estimate of drug-likeness (QED) is 0.834. The van der Waals surface area contributed by atoms with Gasteiger partial charge < -0.3 is 4.90 Å². The van der Waals surface area contributed by atoms with E-state index in [-0.39, 0.29) is 5.91 Å². The molecule has 7 nitrogen and oxygen atoms in total. The summed E-state index contributed by atoms with van der Waals surface area (Å²) in [6.45, 7) is 5.73. The van der Waals surface area contributed by atoms with E-state index in [0.717, 1.165) is 32.0 Å². The molecule has 0 aromatic carbocycles. The molecular weight excluding hydrogens is 316 g/mol. The molecule has 7 heteroatoms. The van der Waals surface area contributed by atoms with E-state index >= 15 is 0 Å². The summed E-state index contributed by atoms with van der Waals surface area (Å²) in [5.41, 5.74) is 0. The van der Waals surface area contributed by atoms with Crippen LogP contribution in [0.2, 0.25) is 0 Å². The summed E-state index contributed by atoms with van der Waals surface area (Å²) in [7, 11) is 0. The van der Waals surface area contributed by atoms with Crippen LogP contribution < -0.4 is 0 Å². The predicted octanol–water partition coefficient (Wildman–Crippen LogP) is 2.01. The number of carbonyl (C=O) groups excluding carboxylic acids is 1. The first-order valence-corrected chi connectivity index (χ1v) is 9.98. The molecule has 25 heavy (non-hydrogen) atoms. The van der Waals surface area contributed by atoms with Gasteiger partial charge in [0.15, 0.2) is 5.82 Å². The highest BCUT2D eigenvalue weighted by molar-refractivity contribution is 5.73. The fourth-order valence-electron chi connectivity index (χ4n) is 4.63. The number of hydrogen-bond acceptors (Lipinski definition) is 5. The average Bonchev–Trinajstić information content (AvgIpc) is 3.40. The van der Waals surface area contributed by atoms with Crippen molar-refractivity contribution in [1.82, 2.24) is 30.0 Å². The summed E-state index contributed by atoms with van der Waals surface area (Å²) in [6.07, 6.45) is 9.67. The number of likely N-dealkylation sites (tertiary alicyclic amines) is 2. The van der Waals surface area contributed by atoms with Gasteiger partial charge in [-0.1, -0.05) is 12.8 Å². The summed E-state index contributed by atoms with van der Waals surface area (Å²) in [5.74, 6) is 1.93. The Kier molecular flexibility index (Phi) is 5.01. The molecule has 1 unspecified atom stereocenters. The summed E-state index contributed by atoms with van der Waals surface area (Å²) in [4.78, 5) is 16.7. The lowest BCUT2D eigenvalue weighted by molar-refractivity contribution is -0.132. The van der Waals surface area contributed by atoms with Gasteiger partial charge >= 0.3 is 0 Å². The molecule has 1 atom stereocenters. The van der Waals surface area contributed by atoms with Crippen molar-refractivity contribution in [3.05, 3.63) is 5.82 Å². The second-order valence-corrected chi connectivity index (χ2v) is 8.01. The van der Waals surface area contributed by atoms with Crippen LogP contribution in [0.25, 0.3) is 0 Å². The maximum absolute atomic E-state index is 12.1. The Bertz CT molecular complexity index is 590. The monoisotopic (exact) mass is 346 g/mol. The molecule has 1 aliphatic carbocycles. The van der Waals surface area contributed by atoms with Gasteiger partial charge in [0.05, 0.1) is 12.6 Å². The predicted molar refractivity (Wildman–Crippen MR) is 93.7 cm³/mol. The molecule has 0 radical (unpaired) electrons. The van der Waals surface area contributed by atoms with Gasteiger partial charge in [-0.05, 0) is 68.0 Å². The van der Waals surface area contributed by atoms with Gasteiger partial charge in [-0.2, -0.15) is 0 Å². The molecule has 3 aliphatic rings. The Labute approximate surface area is 149 Å². The van der Waals surface area contributed by atoms with Crippen LogP contribution in [0.5, 0.6) is 0 Å². The van der Waals surface area contributed by atoms with Gasteiger partial charge in [-0.3, -0.25) is 9.69 Å². The number of nitrogens with zero attached hydrogens (tertiary/aromatic N) is 6. The molecule has 3 fully saturated rings. The van der Waals surface area contributed by atoms with E-state index in [2.05, 4.69) is 25.3 Å². The molecule has 138 valence electrons. The number of tetrazole rings is 1. The Balaban J connectivity index is 1.34. The Morgan fingerprint density at radius 3 is 2.56 bits per heavy atom. The number of piperidine rings is 1. The standard InChI is InChI=1S/C18H30N6O/c1-14(25)23-10-4-2-3-5-17(23)15-8-11-22(12-9-15)13-18-19-20-21-24(18)16-6-7-16/h15-17H,2-13H2,1H3. The van der Waals surface area contributed by atoms with Gasteiger partial charge in [0.2, 0.25) is 5.91 Å². The minimum Gasteiger partial charge on any atom is -0.340 e. The van der Waals surface area contributed by atoms with Crippen LogP contribution in [0.15, 0.2) is 0 Å². The third-order valence-corrected chi connectivity index (χ3v) is 6.20. The van der Waals surface area contributed by atoms with Crippen molar-refractivity contribution < 1.29 is 4.79 Å². The van der Waals surface area contributed by atoms with E-state index in [1.807, 2.05) is 4.68 Å². The molecule has 3 heterocycles. The third-order valence-electron chi connectivity index (χ3n) is 6.20. The molecule has 0 bridgehead atoms. The summed E-state index contributed by atoms with van der Waals surface area (Å²) >= 11 is 0. The number of rotatable bonds is 4. The van der Waals surface area contributed by atoms with Crippen LogP contribution in [0.4, 0.5) is 0 Å². The number of carbonyl (C=O) groups is 1. The number of amides is 1. The SMILES string of the molecule is CC(=O)N1CCCCCC1C1CCN(Cc2nnnn2C2CC2)CC1. The first-order valence-electron chi connectivity index (χ1n) is 9.98. The van der Waals surface area contributed by atoms with Crippen molar-refractivity contribution in [2.24, 2.45) is 5.92 Å². The van der Waals surface area contributed by atoms with Crippen LogP contribution >= 0.6 is 0 Å².